The highest BCUT2D eigenvalue weighted by atomic mass is 19.1. The van der Waals surface area contributed by atoms with E-state index in [4.69, 9.17) is 0 Å². The fraction of sp³-hybridized carbons (Fsp3) is 0.176. The summed E-state index contributed by atoms with van der Waals surface area (Å²) >= 11 is 0. The van der Waals surface area contributed by atoms with E-state index in [-0.39, 0.29) is 12.4 Å². The van der Waals surface area contributed by atoms with Crippen LogP contribution in [0.15, 0.2) is 42.5 Å². The molecule has 0 spiro atoms. The number of halogens is 1. The van der Waals surface area contributed by atoms with Gasteiger partial charge >= 0.3 is 11.8 Å². The number of benzene rings is 2. The first-order chi connectivity index (χ1) is 10.5. The highest BCUT2D eigenvalue weighted by molar-refractivity contribution is 6.39. The Hall–Kier alpha value is -2.69. The molecule has 114 valence electrons. The van der Waals surface area contributed by atoms with Crippen LogP contribution in [-0.4, -0.2) is 11.8 Å². The van der Waals surface area contributed by atoms with E-state index >= 15 is 0 Å². The van der Waals surface area contributed by atoms with Crippen LogP contribution in [0, 0.1) is 19.7 Å². The van der Waals surface area contributed by atoms with Crippen molar-refractivity contribution in [3.8, 4) is 0 Å². The molecule has 0 heterocycles. The van der Waals surface area contributed by atoms with Crippen molar-refractivity contribution in [2.24, 2.45) is 0 Å². The lowest BCUT2D eigenvalue weighted by molar-refractivity contribution is -0.136. The third-order valence-corrected chi connectivity index (χ3v) is 3.43. The Balaban J connectivity index is 1.93. The molecule has 0 aliphatic heterocycles. The van der Waals surface area contributed by atoms with Gasteiger partial charge in [0.25, 0.3) is 0 Å². The minimum absolute atomic E-state index is 0.166. The number of aryl methyl sites for hydroxylation is 1. The fourth-order valence-corrected chi connectivity index (χ4v) is 1.93. The summed E-state index contributed by atoms with van der Waals surface area (Å²) < 4.78 is 12.8. The first-order valence-electron chi connectivity index (χ1n) is 6.87. The topological polar surface area (TPSA) is 58.2 Å². The second-order valence-electron chi connectivity index (χ2n) is 5.01. The average Bonchev–Trinajstić information content (AvgIpc) is 2.51. The molecular formula is C17H17FN2O2. The third kappa shape index (κ3) is 3.91. The molecule has 0 atom stereocenters. The number of hydrogen-bond acceptors (Lipinski definition) is 2. The number of anilines is 1. The van der Waals surface area contributed by atoms with Gasteiger partial charge in [-0.1, -0.05) is 24.3 Å². The maximum Gasteiger partial charge on any atom is 0.313 e. The Labute approximate surface area is 128 Å². The Kier molecular flexibility index (Phi) is 4.88. The number of carbonyl (C=O) groups excluding carboxylic acids is 2. The van der Waals surface area contributed by atoms with E-state index in [1.807, 2.05) is 26.0 Å². The summed E-state index contributed by atoms with van der Waals surface area (Å²) in [6.45, 7) is 3.97. The van der Waals surface area contributed by atoms with Crippen LogP contribution in [0.5, 0.6) is 0 Å². The Bertz CT molecular complexity index is 696. The number of carbonyl (C=O) groups is 2. The van der Waals surface area contributed by atoms with Crippen LogP contribution in [0.25, 0.3) is 0 Å². The quantitative estimate of drug-likeness (QED) is 0.856. The molecular weight excluding hydrogens is 283 g/mol. The van der Waals surface area contributed by atoms with Gasteiger partial charge in [0, 0.05) is 12.2 Å². The van der Waals surface area contributed by atoms with Crippen molar-refractivity contribution in [1.29, 1.82) is 0 Å². The molecule has 22 heavy (non-hydrogen) atoms. The van der Waals surface area contributed by atoms with E-state index in [9.17, 15) is 14.0 Å². The van der Waals surface area contributed by atoms with Crippen LogP contribution in [0.1, 0.15) is 16.7 Å². The van der Waals surface area contributed by atoms with Crippen LogP contribution in [0.2, 0.25) is 0 Å². The molecule has 0 aliphatic rings. The Morgan fingerprint density at radius 1 is 1.00 bits per heavy atom. The van der Waals surface area contributed by atoms with Crippen molar-refractivity contribution >= 4 is 17.5 Å². The minimum atomic E-state index is -0.731. The second-order valence-corrected chi connectivity index (χ2v) is 5.01. The molecule has 0 unspecified atom stereocenters. The Morgan fingerprint density at radius 3 is 2.36 bits per heavy atom. The van der Waals surface area contributed by atoms with Gasteiger partial charge in [-0.05, 0) is 48.7 Å². The number of amides is 2. The summed E-state index contributed by atoms with van der Waals surface area (Å²) in [7, 11) is 0. The summed E-state index contributed by atoms with van der Waals surface area (Å²) in [5, 5.41) is 5.08. The van der Waals surface area contributed by atoms with Crippen LogP contribution < -0.4 is 10.6 Å². The monoisotopic (exact) mass is 300 g/mol. The van der Waals surface area contributed by atoms with E-state index in [2.05, 4.69) is 10.6 Å². The van der Waals surface area contributed by atoms with E-state index in [0.717, 1.165) is 11.1 Å². The molecule has 2 N–H and O–H groups in total. The Morgan fingerprint density at radius 2 is 1.68 bits per heavy atom. The number of hydrogen-bond donors (Lipinski definition) is 2. The number of rotatable bonds is 3. The third-order valence-electron chi connectivity index (χ3n) is 3.43. The largest absolute Gasteiger partial charge is 0.344 e. The highest BCUT2D eigenvalue weighted by Crippen LogP contribution is 2.17. The zero-order valence-electron chi connectivity index (χ0n) is 12.4. The van der Waals surface area contributed by atoms with Gasteiger partial charge in [0.05, 0.1) is 0 Å². The smallest absolute Gasteiger partial charge is 0.313 e. The fourth-order valence-electron chi connectivity index (χ4n) is 1.93. The average molecular weight is 300 g/mol. The SMILES string of the molecule is Cc1cccc(NC(=O)C(=O)NCc2ccc(F)cc2)c1C. The van der Waals surface area contributed by atoms with E-state index in [0.29, 0.717) is 11.3 Å². The van der Waals surface area contributed by atoms with E-state index in [1.165, 1.54) is 12.1 Å². The standard InChI is InChI=1S/C17H17FN2O2/c1-11-4-3-5-15(12(11)2)20-17(22)16(21)19-10-13-6-8-14(18)9-7-13/h3-9H,10H2,1-2H3,(H,19,21)(H,20,22). The maximum atomic E-state index is 12.8. The summed E-state index contributed by atoms with van der Waals surface area (Å²) in [5.41, 5.74) is 3.28. The van der Waals surface area contributed by atoms with Crippen molar-refractivity contribution in [2.75, 3.05) is 5.32 Å². The summed E-state index contributed by atoms with van der Waals surface area (Å²) in [5.74, 6) is -1.80. The van der Waals surface area contributed by atoms with E-state index < -0.39 is 11.8 Å². The van der Waals surface area contributed by atoms with Gasteiger partial charge in [0.15, 0.2) is 0 Å². The molecule has 2 amide bonds. The number of nitrogens with one attached hydrogen (secondary N) is 2. The minimum Gasteiger partial charge on any atom is -0.344 e. The van der Waals surface area contributed by atoms with Crippen LogP contribution in [-0.2, 0) is 16.1 Å². The van der Waals surface area contributed by atoms with Gasteiger partial charge < -0.3 is 10.6 Å². The molecule has 2 rings (SSSR count). The lowest BCUT2D eigenvalue weighted by Gasteiger charge is -2.10. The van der Waals surface area contributed by atoms with Crippen molar-refractivity contribution in [1.82, 2.24) is 5.32 Å². The molecule has 0 fully saturated rings. The zero-order chi connectivity index (χ0) is 16.1. The predicted octanol–water partition coefficient (Wildman–Crippen LogP) is 2.70. The van der Waals surface area contributed by atoms with Gasteiger partial charge in [-0.25, -0.2) is 4.39 Å². The second kappa shape index (κ2) is 6.85. The zero-order valence-corrected chi connectivity index (χ0v) is 12.4. The lowest BCUT2D eigenvalue weighted by atomic mass is 10.1. The molecule has 0 bridgehead atoms. The predicted molar refractivity (Wildman–Crippen MR) is 82.8 cm³/mol. The summed E-state index contributed by atoms with van der Waals surface area (Å²) in [4.78, 5) is 23.7. The van der Waals surface area contributed by atoms with E-state index in [1.54, 1.807) is 18.2 Å². The maximum absolute atomic E-state index is 12.8. The summed E-state index contributed by atoms with van der Waals surface area (Å²) in [6.07, 6.45) is 0. The van der Waals surface area contributed by atoms with Gasteiger partial charge in [0.2, 0.25) is 0 Å². The molecule has 2 aromatic carbocycles. The summed E-state index contributed by atoms with van der Waals surface area (Å²) in [6, 6.07) is 11.2. The van der Waals surface area contributed by atoms with Crippen LogP contribution in [0.3, 0.4) is 0 Å². The van der Waals surface area contributed by atoms with Gasteiger partial charge in [0.1, 0.15) is 5.82 Å². The highest BCUT2D eigenvalue weighted by Gasteiger charge is 2.14. The van der Waals surface area contributed by atoms with Crippen molar-refractivity contribution in [2.45, 2.75) is 20.4 Å². The van der Waals surface area contributed by atoms with Crippen molar-refractivity contribution in [3.05, 3.63) is 65.0 Å². The molecule has 0 aliphatic carbocycles. The molecule has 0 saturated heterocycles. The van der Waals surface area contributed by atoms with Gasteiger partial charge in [-0.3, -0.25) is 9.59 Å². The van der Waals surface area contributed by atoms with Crippen LogP contribution in [0.4, 0.5) is 10.1 Å². The molecule has 2 aromatic rings. The molecule has 5 heteroatoms. The van der Waals surface area contributed by atoms with Crippen molar-refractivity contribution in [3.63, 3.8) is 0 Å². The first-order valence-corrected chi connectivity index (χ1v) is 6.87. The molecule has 0 aromatic heterocycles. The van der Waals surface area contributed by atoms with Crippen LogP contribution >= 0.6 is 0 Å². The normalized spacial score (nSPS) is 10.1. The lowest BCUT2D eigenvalue weighted by Crippen LogP contribution is -2.35. The molecule has 0 radical (unpaired) electrons. The first kappa shape index (κ1) is 15.7. The van der Waals surface area contributed by atoms with Gasteiger partial charge in [-0.2, -0.15) is 0 Å². The molecule has 4 nitrogen and oxygen atoms in total. The van der Waals surface area contributed by atoms with Crippen molar-refractivity contribution < 1.29 is 14.0 Å². The molecule has 0 saturated carbocycles. The van der Waals surface area contributed by atoms with Gasteiger partial charge in [-0.15, -0.1) is 0 Å².